The fraction of sp³-hybridized carbons (Fsp3) is 0.381. The van der Waals surface area contributed by atoms with Gasteiger partial charge in [-0.25, -0.2) is 8.42 Å². The Morgan fingerprint density at radius 3 is 2.67 bits per heavy atom. The van der Waals surface area contributed by atoms with E-state index >= 15 is 0 Å². The van der Waals surface area contributed by atoms with Gasteiger partial charge in [0.25, 0.3) is 0 Å². The summed E-state index contributed by atoms with van der Waals surface area (Å²) in [5.41, 5.74) is 1.16. The lowest BCUT2D eigenvalue weighted by Crippen LogP contribution is -2.40. The molecule has 0 N–H and O–H groups in total. The molecule has 6 heteroatoms. The standard InChI is InChI=1S/C21H25NO3S2/c1-2-3-14-22(18-13-15-27(24,25)16-18)21(23)12-10-19-9-11-20(26-19)17-7-5-4-6-8-17/h4-12,18H,2-3,13-16H2,1H3/b12-10+. The zero-order valence-electron chi connectivity index (χ0n) is 15.5. The second kappa shape index (κ2) is 8.85. The van der Waals surface area contributed by atoms with Crippen LogP contribution < -0.4 is 0 Å². The zero-order valence-corrected chi connectivity index (χ0v) is 17.1. The van der Waals surface area contributed by atoms with Gasteiger partial charge in [0.15, 0.2) is 9.84 Å². The first-order chi connectivity index (χ1) is 13.0. The number of hydrogen-bond acceptors (Lipinski definition) is 4. The molecule has 1 amide bonds. The van der Waals surface area contributed by atoms with Gasteiger partial charge < -0.3 is 4.90 Å². The maximum atomic E-state index is 12.7. The molecule has 0 saturated carbocycles. The molecule has 1 aliphatic heterocycles. The zero-order chi connectivity index (χ0) is 19.3. The van der Waals surface area contributed by atoms with Crippen molar-refractivity contribution < 1.29 is 13.2 Å². The van der Waals surface area contributed by atoms with E-state index in [2.05, 4.69) is 25.1 Å². The molecule has 0 radical (unpaired) electrons. The first-order valence-electron chi connectivity index (χ1n) is 9.33. The molecule has 4 nitrogen and oxygen atoms in total. The average molecular weight is 404 g/mol. The van der Waals surface area contributed by atoms with E-state index in [1.54, 1.807) is 22.3 Å². The van der Waals surface area contributed by atoms with Gasteiger partial charge in [-0.15, -0.1) is 11.3 Å². The fourth-order valence-electron chi connectivity index (χ4n) is 3.27. The molecule has 1 fully saturated rings. The molecule has 1 aromatic carbocycles. The maximum Gasteiger partial charge on any atom is 0.246 e. The molecule has 1 aromatic heterocycles. The summed E-state index contributed by atoms with van der Waals surface area (Å²) in [6.07, 6.45) is 5.82. The Balaban J connectivity index is 1.70. The average Bonchev–Trinajstić information content (AvgIpc) is 3.27. The maximum absolute atomic E-state index is 12.7. The summed E-state index contributed by atoms with van der Waals surface area (Å²) in [7, 11) is -3.01. The monoisotopic (exact) mass is 403 g/mol. The van der Waals surface area contributed by atoms with Gasteiger partial charge in [0.1, 0.15) is 0 Å². The Kier molecular flexibility index (Phi) is 6.50. The van der Waals surface area contributed by atoms with Crippen LogP contribution in [0.15, 0.2) is 48.5 Å². The highest BCUT2D eigenvalue weighted by Gasteiger charge is 2.33. The Bertz CT molecular complexity index is 901. The highest BCUT2D eigenvalue weighted by Crippen LogP contribution is 2.28. The number of nitrogens with zero attached hydrogens (tertiary/aromatic N) is 1. The molecule has 3 rings (SSSR count). The van der Waals surface area contributed by atoms with E-state index in [9.17, 15) is 13.2 Å². The van der Waals surface area contributed by atoms with Gasteiger partial charge in [-0.3, -0.25) is 4.79 Å². The van der Waals surface area contributed by atoms with Gasteiger partial charge in [0, 0.05) is 28.4 Å². The molecule has 2 aromatic rings. The Morgan fingerprint density at radius 2 is 2.00 bits per heavy atom. The number of hydrogen-bond donors (Lipinski definition) is 0. The van der Waals surface area contributed by atoms with E-state index in [0.717, 1.165) is 28.2 Å². The van der Waals surface area contributed by atoms with Gasteiger partial charge >= 0.3 is 0 Å². The van der Waals surface area contributed by atoms with E-state index in [0.29, 0.717) is 13.0 Å². The Labute approximate surface area is 165 Å². The van der Waals surface area contributed by atoms with Gasteiger partial charge in [-0.05, 0) is 36.6 Å². The van der Waals surface area contributed by atoms with E-state index in [4.69, 9.17) is 0 Å². The molecule has 2 heterocycles. The number of amides is 1. The van der Waals surface area contributed by atoms with Crippen LogP contribution in [0.3, 0.4) is 0 Å². The molecule has 0 bridgehead atoms. The number of carbonyl (C=O) groups is 1. The molecule has 1 atom stereocenters. The lowest BCUT2D eigenvalue weighted by atomic mass is 10.2. The van der Waals surface area contributed by atoms with Crippen molar-refractivity contribution in [3.05, 3.63) is 53.4 Å². The predicted octanol–water partition coefficient (Wildman–Crippen LogP) is 4.24. The summed E-state index contributed by atoms with van der Waals surface area (Å²) < 4.78 is 23.6. The molecular formula is C21H25NO3S2. The molecule has 1 aliphatic rings. The van der Waals surface area contributed by atoms with E-state index in [1.165, 1.54) is 0 Å². The number of thiophene rings is 1. The van der Waals surface area contributed by atoms with Crippen molar-refractivity contribution in [3.8, 4) is 10.4 Å². The van der Waals surface area contributed by atoms with Crippen molar-refractivity contribution in [1.29, 1.82) is 0 Å². The van der Waals surface area contributed by atoms with Crippen LogP contribution in [0, 0.1) is 0 Å². The van der Waals surface area contributed by atoms with E-state index in [1.807, 2.05) is 30.3 Å². The summed E-state index contributed by atoms with van der Waals surface area (Å²) in [5.74, 6) is 0.177. The van der Waals surface area contributed by atoms with Crippen LogP contribution in [0.25, 0.3) is 16.5 Å². The van der Waals surface area contributed by atoms with Crippen LogP contribution in [-0.2, 0) is 14.6 Å². The van der Waals surface area contributed by atoms with Crippen LogP contribution in [0.2, 0.25) is 0 Å². The molecule has 0 aliphatic carbocycles. The lowest BCUT2D eigenvalue weighted by Gasteiger charge is -2.27. The Morgan fingerprint density at radius 1 is 1.22 bits per heavy atom. The first kappa shape index (κ1) is 19.8. The highest BCUT2D eigenvalue weighted by molar-refractivity contribution is 7.91. The minimum Gasteiger partial charge on any atom is -0.335 e. The second-order valence-electron chi connectivity index (χ2n) is 6.84. The smallest absolute Gasteiger partial charge is 0.246 e. The topological polar surface area (TPSA) is 54.5 Å². The molecule has 0 spiro atoms. The molecule has 144 valence electrons. The molecule has 27 heavy (non-hydrogen) atoms. The van der Waals surface area contributed by atoms with E-state index in [-0.39, 0.29) is 23.5 Å². The van der Waals surface area contributed by atoms with Crippen molar-refractivity contribution in [2.75, 3.05) is 18.1 Å². The van der Waals surface area contributed by atoms with Gasteiger partial charge in [0.2, 0.25) is 5.91 Å². The van der Waals surface area contributed by atoms with Crippen molar-refractivity contribution in [2.45, 2.75) is 32.2 Å². The SMILES string of the molecule is CCCCN(C(=O)/C=C/c1ccc(-c2ccccc2)s1)C1CCS(=O)(=O)C1. The van der Waals surface area contributed by atoms with Crippen LogP contribution in [0.5, 0.6) is 0 Å². The quantitative estimate of drug-likeness (QED) is 0.650. The summed E-state index contributed by atoms with van der Waals surface area (Å²) in [4.78, 5) is 16.7. The largest absolute Gasteiger partial charge is 0.335 e. The van der Waals surface area contributed by atoms with Gasteiger partial charge in [-0.1, -0.05) is 43.7 Å². The number of carbonyl (C=O) groups excluding carboxylic acids is 1. The predicted molar refractivity (Wildman–Crippen MR) is 112 cm³/mol. The third-order valence-corrected chi connectivity index (χ3v) is 7.61. The third-order valence-electron chi connectivity index (χ3n) is 4.76. The number of benzene rings is 1. The first-order valence-corrected chi connectivity index (χ1v) is 12.0. The summed E-state index contributed by atoms with van der Waals surface area (Å²) in [6.45, 7) is 2.68. The van der Waals surface area contributed by atoms with Crippen LogP contribution in [-0.4, -0.2) is 43.3 Å². The van der Waals surface area contributed by atoms with E-state index < -0.39 is 9.84 Å². The summed E-state index contributed by atoms with van der Waals surface area (Å²) >= 11 is 1.64. The number of rotatable bonds is 7. The van der Waals surface area contributed by atoms with Crippen molar-refractivity contribution in [2.24, 2.45) is 0 Å². The third kappa shape index (κ3) is 5.30. The summed E-state index contributed by atoms with van der Waals surface area (Å²) in [5, 5.41) is 0. The molecular weight excluding hydrogens is 378 g/mol. The normalized spacial score (nSPS) is 18.8. The van der Waals surface area contributed by atoms with Crippen LogP contribution in [0.1, 0.15) is 31.1 Å². The van der Waals surface area contributed by atoms with Crippen LogP contribution in [0.4, 0.5) is 0 Å². The Hall–Kier alpha value is -1.92. The molecule has 1 saturated heterocycles. The van der Waals surface area contributed by atoms with Crippen molar-refractivity contribution in [3.63, 3.8) is 0 Å². The minimum absolute atomic E-state index is 0.0907. The highest BCUT2D eigenvalue weighted by atomic mass is 32.2. The van der Waals surface area contributed by atoms with Gasteiger partial charge in [-0.2, -0.15) is 0 Å². The summed E-state index contributed by atoms with van der Waals surface area (Å²) in [6, 6.07) is 14.0. The van der Waals surface area contributed by atoms with Crippen molar-refractivity contribution in [1.82, 2.24) is 4.90 Å². The number of unbranched alkanes of at least 4 members (excludes halogenated alkanes) is 1. The fourth-order valence-corrected chi connectivity index (χ4v) is 5.92. The van der Waals surface area contributed by atoms with Crippen molar-refractivity contribution >= 4 is 33.2 Å². The number of sulfone groups is 1. The minimum atomic E-state index is -3.01. The van der Waals surface area contributed by atoms with Crippen LogP contribution >= 0.6 is 11.3 Å². The lowest BCUT2D eigenvalue weighted by molar-refractivity contribution is -0.127. The molecule has 1 unspecified atom stereocenters. The van der Waals surface area contributed by atoms with Gasteiger partial charge in [0.05, 0.1) is 11.5 Å². The second-order valence-corrected chi connectivity index (χ2v) is 10.2.